The molecule has 9 nitrogen and oxygen atoms in total. The van der Waals surface area contributed by atoms with Gasteiger partial charge in [-0.05, 0) is 77.0 Å². The Balaban J connectivity index is 2.13. The minimum absolute atomic E-state index is 0.179. The van der Waals surface area contributed by atoms with E-state index >= 15 is 0 Å². The first kappa shape index (κ1) is 83.1. The monoisotopic (exact) mass is 1230 g/mol. The molecule has 88 heavy (non-hydrogen) atoms. The molecular weight excluding hydrogens is 1090 g/mol. The van der Waals surface area contributed by atoms with Crippen molar-refractivity contribution in [1.29, 1.82) is 0 Å². The Morgan fingerprint density at radius 2 is 0.705 bits per heavy atom. The average molecular weight is 1230 g/mol. The lowest BCUT2D eigenvalue weighted by molar-refractivity contribution is -0.302. The number of aliphatic hydroxyl groups is 5. The van der Waals surface area contributed by atoms with E-state index < -0.39 is 49.5 Å². The van der Waals surface area contributed by atoms with Crippen LogP contribution in [-0.4, -0.2) is 87.5 Å². The fraction of sp³-hybridized carbons (Fsp3) is 0.785. The molecule has 1 aliphatic rings. The molecule has 1 fully saturated rings. The molecule has 9 heteroatoms. The third-order valence-electron chi connectivity index (χ3n) is 17.4. The van der Waals surface area contributed by atoms with Gasteiger partial charge in [-0.2, -0.15) is 0 Å². The Bertz CT molecular complexity index is 1720. The molecule has 0 bridgehead atoms. The maximum absolute atomic E-state index is 13.2. The average Bonchev–Trinajstić information content (AvgIpc) is 3.65. The number of nitrogens with one attached hydrogen (secondary N) is 1. The smallest absolute Gasteiger partial charge is 0.220 e. The van der Waals surface area contributed by atoms with Crippen LogP contribution in [0.3, 0.4) is 0 Å². The molecule has 0 aromatic rings. The van der Waals surface area contributed by atoms with Gasteiger partial charge >= 0.3 is 0 Å². The Hall–Kier alpha value is -2.89. The molecule has 1 rings (SSSR count). The number of rotatable bonds is 65. The largest absolute Gasteiger partial charge is 0.394 e. The summed E-state index contributed by atoms with van der Waals surface area (Å²) in [5, 5.41) is 54.9. The minimum atomic E-state index is -1.57. The van der Waals surface area contributed by atoms with Gasteiger partial charge in [0, 0.05) is 6.42 Å². The van der Waals surface area contributed by atoms with Crippen LogP contribution in [0.1, 0.15) is 341 Å². The molecule has 7 atom stereocenters. The van der Waals surface area contributed by atoms with Gasteiger partial charge in [-0.1, -0.05) is 355 Å². The number of allylic oxidation sites excluding steroid dienone is 15. The lowest BCUT2D eigenvalue weighted by Crippen LogP contribution is -2.60. The molecule has 510 valence electrons. The zero-order chi connectivity index (χ0) is 63.5. The highest BCUT2D eigenvalue weighted by Crippen LogP contribution is 2.23. The number of hydrogen-bond acceptors (Lipinski definition) is 8. The van der Waals surface area contributed by atoms with Gasteiger partial charge in [0.05, 0.1) is 25.4 Å². The fourth-order valence-corrected chi connectivity index (χ4v) is 11.6. The highest BCUT2D eigenvalue weighted by Gasteiger charge is 2.44. The number of amides is 1. The van der Waals surface area contributed by atoms with E-state index in [-0.39, 0.29) is 12.5 Å². The van der Waals surface area contributed by atoms with E-state index in [4.69, 9.17) is 9.47 Å². The van der Waals surface area contributed by atoms with Crippen molar-refractivity contribution in [2.75, 3.05) is 13.2 Å². The van der Waals surface area contributed by atoms with Crippen LogP contribution in [0.15, 0.2) is 97.2 Å². The van der Waals surface area contributed by atoms with Crippen LogP contribution in [0.5, 0.6) is 0 Å². The predicted molar refractivity (Wildman–Crippen MR) is 378 cm³/mol. The SMILES string of the molecule is CC/C=C\C/C=C\C/C=C\C/C=C\C/C=C\C/C=C\C/C=C\CCCCCCCCCCCCCC(=O)NC(COC1OC(CO)C(O)C(O)C1O)C(O)/C=C/CCCCCCCCCCCCCCCCCCCCCCCCCCCCCCCC. The van der Waals surface area contributed by atoms with E-state index in [1.165, 1.54) is 231 Å². The van der Waals surface area contributed by atoms with Crippen molar-refractivity contribution in [1.82, 2.24) is 5.32 Å². The molecule has 0 aromatic carbocycles. The van der Waals surface area contributed by atoms with E-state index in [0.29, 0.717) is 6.42 Å². The summed E-state index contributed by atoms with van der Waals surface area (Å²) in [4.78, 5) is 13.2. The molecule has 1 aliphatic heterocycles. The van der Waals surface area contributed by atoms with Gasteiger partial charge < -0.3 is 40.3 Å². The number of aliphatic hydroxyl groups excluding tert-OH is 5. The van der Waals surface area contributed by atoms with Crippen LogP contribution < -0.4 is 5.32 Å². The number of unbranched alkanes of at least 4 members (excludes halogenated alkanes) is 41. The predicted octanol–water partition coefficient (Wildman–Crippen LogP) is 21.0. The fourth-order valence-electron chi connectivity index (χ4n) is 11.6. The molecule has 0 radical (unpaired) electrons. The Kier molecular flexibility index (Phi) is 63.3. The lowest BCUT2D eigenvalue weighted by atomic mass is 9.99. The summed E-state index contributed by atoms with van der Waals surface area (Å²) >= 11 is 0. The molecule has 6 N–H and O–H groups in total. The van der Waals surface area contributed by atoms with Crippen molar-refractivity contribution in [2.45, 2.75) is 384 Å². The van der Waals surface area contributed by atoms with E-state index in [9.17, 15) is 30.3 Å². The molecule has 1 saturated heterocycles. The second kappa shape index (κ2) is 67.0. The first-order valence-corrected chi connectivity index (χ1v) is 37.5. The van der Waals surface area contributed by atoms with Gasteiger partial charge in [-0.3, -0.25) is 4.79 Å². The standard InChI is InChI=1S/C79H141NO8/c1-3-5-7-9-11-13-15-17-19-21-23-25-27-29-31-33-35-37-39-41-43-45-47-49-51-53-55-57-59-61-63-65-67-69-75(83)80-72(71-87-79-78(86)77(85)76(84)74(70-81)88-79)73(82)68-66-64-62-60-58-56-54-52-50-48-46-44-42-40-38-36-34-32-30-28-26-24-22-20-18-16-14-12-10-8-6-4-2/h5,7,11,13,17,19,23,25,29,31,35,37,41,43,66,68,72-74,76-79,81-82,84-86H,3-4,6,8-10,12,14-16,18,20-22,24,26-28,30,32-34,36,38-40,42,44-65,67,69-71H2,1-2H3,(H,80,83)/b7-5-,13-11-,19-17-,25-23-,31-29-,37-35-,43-41-,68-66+. The van der Waals surface area contributed by atoms with Crippen LogP contribution in [0.2, 0.25) is 0 Å². The molecule has 0 aliphatic carbocycles. The van der Waals surface area contributed by atoms with Crippen LogP contribution in [0, 0.1) is 0 Å². The Morgan fingerprint density at radius 1 is 0.398 bits per heavy atom. The second-order valence-electron chi connectivity index (χ2n) is 25.7. The van der Waals surface area contributed by atoms with Gasteiger partial charge in [0.2, 0.25) is 5.91 Å². The molecular formula is C79H141NO8. The van der Waals surface area contributed by atoms with E-state index in [0.717, 1.165) is 89.9 Å². The van der Waals surface area contributed by atoms with Crippen LogP contribution in [0.4, 0.5) is 0 Å². The summed E-state index contributed by atoms with van der Waals surface area (Å²) in [7, 11) is 0. The third-order valence-corrected chi connectivity index (χ3v) is 17.4. The molecule has 1 heterocycles. The van der Waals surface area contributed by atoms with Crippen molar-refractivity contribution in [3.8, 4) is 0 Å². The zero-order valence-corrected chi connectivity index (χ0v) is 57.2. The lowest BCUT2D eigenvalue weighted by Gasteiger charge is -2.40. The highest BCUT2D eigenvalue weighted by atomic mass is 16.7. The third kappa shape index (κ3) is 54.8. The van der Waals surface area contributed by atoms with Gasteiger partial charge in [0.25, 0.3) is 0 Å². The summed E-state index contributed by atoms with van der Waals surface area (Å²) < 4.78 is 11.3. The quantitative estimate of drug-likeness (QED) is 0.0261. The molecule has 0 spiro atoms. The number of carbonyl (C=O) groups excluding carboxylic acids is 1. The first-order chi connectivity index (χ1) is 43.3. The molecule has 0 saturated carbocycles. The van der Waals surface area contributed by atoms with Crippen molar-refractivity contribution in [3.63, 3.8) is 0 Å². The summed E-state index contributed by atoms with van der Waals surface area (Å²) in [5.41, 5.74) is 0. The van der Waals surface area contributed by atoms with Gasteiger partial charge in [0.1, 0.15) is 24.4 Å². The summed E-state index contributed by atoms with van der Waals surface area (Å²) in [6, 6.07) is -0.815. The second-order valence-corrected chi connectivity index (χ2v) is 25.7. The van der Waals surface area contributed by atoms with Crippen molar-refractivity contribution in [3.05, 3.63) is 97.2 Å². The summed E-state index contributed by atoms with van der Waals surface area (Å²) in [5.74, 6) is -0.179. The maximum atomic E-state index is 13.2. The summed E-state index contributed by atoms with van der Waals surface area (Å²) in [6.07, 6.45) is 90.9. The number of carbonyl (C=O) groups is 1. The van der Waals surface area contributed by atoms with Gasteiger partial charge in [-0.15, -0.1) is 0 Å². The van der Waals surface area contributed by atoms with Crippen LogP contribution in [0.25, 0.3) is 0 Å². The highest BCUT2D eigenvalue weighted by molar-refractivity contribution is 5.76. The Morgan fingerprint density at radius 3 is 1.05 bits per heavy atom. The molecule has 1 amide bonds. The van der Waals surface area contributed by atoms with Crippen molar-refractivity contribution in [2.24, 2.45) is 0 Å². The summed E-state index contributed by atoms with van der Waals surface area (Å²) in [6.45, 7) is 3.70. The van der Waals surface area contributed by atoms with E-state index in [2.05, 4.69) is 104 Å². The zero-order valence-electron chi connectivity index (χ0n) is 57.2. The first-order valence-electron chi connectivity index (χ1n) is 37.5. The molecule has 0 aromatic heterocycles. The van der Waals surface area contributed by atoms with Crippen molar-refractivity contribution < 1.29 is 39.8 Å². The number of hydrogen-bond donors (Lipinski definition) is 6. The maximum Gasteiger partial charge on any atom is 0.220 e. The van der Waals surface area contributed by atoms with Crippen LogP contribution in [-0.2, 0) is 14.3 Å². The van der Waals surface area contributed by atoms with Gasteiger partial charge in [-0.25, -0.2) is 0 Å². The number of ether oxygens (including phenoxy) is 2. The van der Waals surface area contributed by atoms with E-state index in [1.807, 2.05) is 6.08 Å². The normalized spacial score (nSPS) is 18.5. The van der Waals surface area contributed by atoms with Gasteiger partial charge in [0.15, 0.2) is 6.29 Å². The molecule has 7 unspecified atom stereocenters. The van der Waals surface area contributed by atoms with E-state index in [1.54, 1.807) is 6.08 Å². The van der Waals surface area contributed by atoms with Crippen LogP contribution >= 0.6 is 0 Å². The Labute approximate surface area is 543 Å². The van der Waals surface area contributed by atoms with Crippen molar-refractivity contribution >= 4 is 5.91 Å². The topological polar surface area (TPSA) is 149 Å². The minimum Gasteiger partial charge on any atom is -0.394 e.